The van der Waals surface area contributed by atoms with Gasteiger partial charge in [0, 0.05) is 24.4 Å². The van der Waals surface area contributed by atoms with Gasteiger partial charge in [0.2, 0.25) is 0 Å². The first-order valence-corrected chi connectivity index (χ1v) is 10.2. The monoisotopic (exact) mass is 370 g/mol. The van der Waals surface area contributed by atoms with Crippen LogP contribution in [0.3, 0.4) is 0 Å². The Morgan fingerprint density at radius 2 is 1.71 bits per heavy atom. The van der Waals surface area contributed by atoms with Crippen molar-refractivity contribution in [3.05, 3.63) is 89.7 Å². The molecule has 1 spiro atoms. The molecular formula is C25H26N2O. The zero-order chi connectivity index (χ0) is 19.0. The molecule has 5 rings (SSSR count). The maximum atomic E-state index is 10.8. The van der Waals surface area contributed by atoms with Gasteiger partial charge in [0.15, 0.2) is 0 Å². The number of benzene rings is 2. The summed E-state index contributed by atoms with van der Waals surface area (Å²) in [4.78, 5) is 6.73. The van der Waals surface area contributed by atoms with Gasteiger partial charge in [0.25, 0.3) is 0 Å². The Morgan fingerprint density at radius 1 is 0.929 bits per heavy atom. The normalized spacial score (nSPS) is 21.0. The Kier molecular flexibility index (Phi) is 4.50. The summed E-state index contributed by atoms with van der Waals surface area (Å²) in [5, 5.41) is 10.8. The highest BCUT2D eigenvalue weighted by atomic mass is 16.3. The van der Waals surface area contributed by atoms with Crippen LogP contribution >= 0.6 is 0 Å². The van der Waals surface area contributed by atoms with Crippen molar-refractivity contribution in [1.82, 2.24) is 9.88 Å². The fourth-order valence-corrected chi connectivity index (χ4v) is 5.07. The van der Waals surface area contributed by atoms with Crippen LogP contribution in [0.15, 0.2) is 73.1 Å². The summed E-state index contributed by atoms with van der Waals surface area (Å²) >= 11 is 0. The molecule has 1 unspecified atom stereocenters. The summed E-state index contributed by atoms with van der Waals surface area (Å²) in [5.74, 6) is 0. The molecule has 0 amide bonds. The summed E-state index contributed by atoms with van der Waals surface area (Å²) in [5.41, 5.74) is 6.41. The average Bonchev–Trinajstić information content (AvgIpc) is 3.02. The molecule has 1 aliphatic carbocycles. The van der Waals surface area contributed by atoms with Gasteiger partial charge in [-0.05, 0) is 66.2 Å². The van der Waals surface area contributed by atoms with Crippen LogP contribution in [0, 0.1) is 0 Å². The second kappa shape index (κ2) is 7.16. The standard InChI is InChI=1S/C25H26N2O/c28-24-16-21-4-1-2-6-23(21)25(24)11-14-27(15-12-25)18-19-7-9-20(10-8-19)22-5-3-13-26-17-22/h1-10,13,17,24,28H,11-12,14-16,18H2. The first-order valence-electron chi connectivity index (χ1n) is 10.2. The van der Waals surface area contributed by atoms with E-state index in [4.69, 9.17) is 0 Å². The molecule has 142 valence electrons. The molecule has 2 aromatic carbocycles. The third kappa shape index (κ3) is 3.05. The van der Waals surface area contributed by atoms with Crippen molar-refractivity contribution in [2.45, 2.75) is 37.3 Å². The van der Waals surface area contributed by atoms with Crippen LogP contribution in [0.5, 0.6) is 0 Å². The molecule has 3 heteroatoms. The van der Waals surface area contributed by atoms with Crippen LogP contribution in [0.4, 0.5) is 0 Å². The average molecular weight is 370 g/mol. The highest BCUT2D eigenvalue weighted by Gasteiger charge is 2.47. The number of aromatic nitrogens is 1. The van der Waals surface area contributed by atoms with Gasteiger partial charge in [-0.15, -0.1) is 0 Å². The van der Waals surface area contributed by atoms with Gasteiger partial charge in [-0.3, -0.25) is 9.88 Å². The van der Waals surface area contributed by atoms with Gasteiger partial charge in [0.1, 0.15) is 0 Å². The Bertz CT molecular complexity index is 944. The molecular weight excluding hydrogens is 344 g/mol. The third-order valence-corrected chi connectivity index (χ3v) is 6.71. The van der Waals surface area contributed by atoms with Crippen LogP contribution < -0.4 is 0 Å². The molecule has 1 atom stereocenters. The fraction of sp³-hybridized carbons (Fsp3) is 0.320. The number of piperidine rings is 1. The minimum absolute atomic E-state index is 0.0305. The molecule has 1 fully saturated rings. The first-order chi connectivity index (χ1) is 13.7. The molecule has 1 saturated heterocycles. The lowest BCUT2D eigenvalue weighted by Gasteiger charge is -2.42. The second-order valence-corrected chi connectivity index (χ2v) is 8.25. The Balaban J connectivity index is 1.26. The van der Waals surface area contributed by atoms with E-state index in [0.29, 0.717) is 0 Å². The van der Waals surface area contributed by atoms with E-state index in [1.807, 2.05) is 12.3 Å². The fourth-order valence-electron chi connectivity index (χ4n) is 5.07. The Hall–Kier alpha value is -2.49. The number of likely N-dealkylation sites (tertiary alicyclic amines) is 1. The largest absolute Gasteiger partial charge is 0.392 e. The molecule has 0 saturated carbocycles. The molecule has 1 N–H and O–H groups in total. The highest BCUT2D eigenvalue weighted by molar-refractivity contribution is 5.62. The van der Waals surface area contributed by atoms with Crippen molar-refractivity contribution < 1.29 is 5.11 Å². The summed E-state index contributed by atoms with van der Waals surface area (Å²) in [6, 6.07) is 21.5. The van der Waals surface area contributed by atoms with E-state index >= 15 is 0 Å². The van der Waals surface area contributed by atoms with Crippen LogP contribution in [0.25, 0.3) is 11.1 Å². The number of fused-ring (bicyclic) bond motifs is 2. The zero-order valence-corrected chi connectivity index (χ0v) is 16.1. The number of hydrogen-bond donors (Lipinski definition) is 1. The molecule has 3 aromatic rings. The van der Waals surface area contributed by atoms with Crippen LogP contribution in [-0.4, -0.2) is 34.2 Å². The maximum Gasteiger partial charge on any atom is 0.0678 e. The molecule has 1 aliphatic heterocycles. The van der Waals surface area contributed by atoms with Crippen molar-refractivity contribution in [3.8, 4) is 11.1 Å². The second-order valence-electron chi connectivity index (χ2n) is 8.25. The maximum absolute atomic E-state index is 10.8. The zero-order valence-electron chi connectivity index (χ0n) is 16.1. The van der Waals surface area contributed by atoms with Gasteiger partial charge in [-0.2, -0.15) is 0 Å². The minimum Gasteiger partial charge on any atom is -0.392 e. The number of rotatable bonds is 3. The van der Waals surface area contributed by atoms with E-state index in [2.05, 4.69) is 64.5 Å². The smallest absolute Gasteiger partial charge is 0.0678 e. The molecule has 28 heavy (non-hydrogen) atoms. The van der Waals surface area contributed by atoms with Gasteiger partial charge < -0.3 is 5.11 Å². The minimum atomic E-state index is -0.231. The van der Waals surface area contributed by atoms with Gasteiger partial charge in [-0.1, -0.05) is 54.6 Å². The van der Waals surface area contributed by atoms with Crippen LogP contribution in [0.2, 0.25) is 0 Å². The molecule has 0 bridgehead atoms. The van der Waals surface area contributed by atoms with Gasteiger partial charge in [-0.25, -0.2) is 0 Å². The topological polar surface area (TPSA) is 36.4 Å². The first kappa shape index (κ1) is 17.6. The summed E-state index contributed by atoms with van der Waals surface area (Å²) in [6.45, 7) is 3.05. The van der Waals surface area contributed by atoms with E-state index in [9.17, 15) is 5.11 Å². The van der Waals surface area contributed by atoms with Gasteiger partial charge in [0.05, 0.1) is 6.10 Å². The summed E-state index contributed by atoms with van der Waals surface area (Å²) in [7, 11) is 0. The number of aliphatic hydroxyl groups excluding tert-OH is 1. The van der Waals surface area contributed by atoms with Crippen molar-refractivity contribution in [3.63, 3.8) is 0 Å². The predicted octanol–water partition coefficient (Wildman–Crippen LogP) is 4.20. The van der Waals surface area contributed by atoms with E-state index < -0.39 is 0 Å². The third-order valence-electron chi connectivity index (χ3n) is 6.71. The number of nitrogens with zero attached hydrogens (tertiary/aromatic N) is 2. The molecule has 1 aromatic heterocycles. The Morgan fingerprint density at radius 3 is 2.46 bits per heavy atom. The predicted molar refractivity (Wildman–Crippen MR) is 112 cm³/mol. The highest BCUT2D eigenvalue weighted by Crippen LogP contribution is 2.46. The van der Waals surface area contributed by atoms with E-state index in [1.165, 1.54) is 22.3 Å². The van der Waals surface area contributed by atoms with E-state index in [1.54, 1.807) is 6.20 Å². The molecule has 2 heterocycles. The molecule has 2 aliphatic rings. The lowest BCUT2D eigenvalue weighted by molar-refractivity contribution is 0.0414. The number of pyridine rings is 1. The molecule has 3 nitrogen and oxygen atoms in total. The van der Waals surface area contributed by atoms with Crippen LogP contribution in [0.1, 0.15) is 29.5 Å². The van der Waals surface area contributed by atoms with Crippen molar-refractivity contribution in [2.24, 2.45) is 0 Å². The van der Waals surface area contributed by atoms with E-state index in [0.717, 1.165) is 44.5 Å². The number of aliphatic hydroxyl groups is 1. The van der Waals surface area contributed by atoms with Crippen molar-refractivity contribution in [1.29, 1.82) is 0 Å². The van der Waals surface area contributed by atoms with Gasteiger partial charge >= 0.3 is 0 Å². The summed E-state index contributed by atoms with van der Waals surface area (Å²) in [6.07, 6.45) is 6.37. The summed E-state index contributed by atoms with van der Waals surface area (Å²) < 4.78 is 0. The van der Waals surface area contributed by atoms with Crippen molar-refractivity contribution >= 4 is 0 Å². The molecule has 0 radical (unpaired) electrons. The quantitative estimate of drug-likeness (QED) is 0.751. The lowest BCUT2D eigenvalue weighted by Crippen LogP contribution is -2.47. The number of hydrogen-bond acceptors (Lipinski definition) is 3. The van der Waals surface area contributed by atoms with Crippen LogP contribution in [-0.2, 0) is 18.4 Å². The Labute approximate surface area is 166 Å². The van der Waals surface area contributed by atoms with E-state index in [-0.39, 0.29) is 11.5 Å². The SMILES string of the molecule is OC1Cc2ccccc2C12CCN(Cc1ccc(-c3cccnc3)cc1)CC2. The van der Waals surface area contributed by atoms with Crippen molar-refractivity contribution in [2.75, 3.05) is 13.1 Å². The lowest BCUT2D eigenvalue weighted by atomic mass is 9.72.